The molecule has 17 heavy (non-hydrogen) atoms. The summed E-state index contributed by atoms with van der Waals surface area (Å²) in [4.78, 5) is 11.5. The van der Waals surface area contributed by atoms with E-state index in [2.05, 4.69) is 6.92 Å². The van der Waals surface area contributed by atoms with Gasteiger partial charge in [-0.2, -0.15) is 0 Å². The van der Waals surface area contributed by atoms with Gasteiger partial charge in [0.2, 0.25) is 0 Å². The molecule has 0 aliphatic carbocycles. The molecule has 0 amide bonds. The van der Waals surface area contributed by atoms with Crippen LogP contribution in [0.15, 0.2) is 24.3 Å². The number of halogens is 1. The number of unbranched alkanes of at least 4 members (excludes halogenated alkanes) is 1. The fraction of sp³-hybridized carbons (Fsp3) is 0.462. The van der Waals surface area contributed by atoms with Gasteiger partial charge in [-0.1, -0.05) is 49.6 Å². The fourth-order valence-electron chi connectivity index (χ4n) is 1.41. The van der Waals surface area contributed by atoms with E-state index in [1.54, 1.807) is 6.07 Å². The minimum Gasteiger partial charge on any atom is -0.460 e. The summed E-state index contributed by atoms with van der Waals surface area (Å²) in [7, 11) is 0. The number of hydrogen-bond acceptors (Lipinski definition) is 3. The summed E-state index contributed by atoms with van der Waals surface area (Å²) < 4.78 is 5.12. The zero-order valence-electron chi connectivity index (χ0n) is 9.99. The van der Waals surface area contributed by atoms with Crippen LogP contribution in [0.4, 0.5) is 0 Å². The van der Waals surface area contributed by atoms with E-state index in [4.69, 9.17) is 22.1 Å². The van der Waals surface area contributed by atoms with Crippen molar-refractivity contribution in [2.45, 2.75) is 38.8 Å². The Morgan fingerprint density at radius 3 is 2.82 bits per heavy atom. The van der Waals surface area contributed by atoms with Gasteiger partial charge >= 0.3 is 5.97 Å². The number of esters is 1. The van der Waals surface area contributed by atoms with Crippen LogP contribution in [0.3, 0.4) is 0 Å². The molecule has 2 N–H and O–H groups in total. The molecule has 4 heteroatoms. The first-order valence-corrected chi connectivity index (χ1v) is 6.18. The van der Waals surface area contributed by atoms with Gasteiger partial charge in [-0.05, 0) is 12.5 Å². The van der Waals surface area contributed by atoms with E-state index in [1.807, 2.05) is 18.2 Å². The second-order valence-corrected chi connectivity index (χ2v) is 4.36. The molecule has 0 saturated carbocycles. The highest BCUT2D eigenvalue weighted by atomic mass is 35.5. The van der Waals surface area contributed by atoms with Gasteiger partial charge in [0, 0.05) is 10.6 Å². The Kier molecular flexibility index (Phi) is 6.01. The largest absolute Gasteiger partial charge is 0.460 e. The Morgan fingerprint density at radius 1 is 1.47 bits per heavy atom. The van der Waals surface area contributed by atoms with Gasteiger partial charge in [-0.3, -0.25) is 4.79 Å². The van der Waals surface area contributed by atoms with E-state index in [-0.39, 0.29) is 12.6 Å². The zero-order chi connectivity index (χ0) is 12.7. The third-order valence-corrected chi connectivity index (χ3v) is 2.87. The second kappa shape index (κ2) is 7.30. The maximum atomic E-state index is 11.5. The van der Waals surface area contributed by atoms with Crippen LogP contribution in [0.25, 0.3) is 0 Å². The van der Waals surface area contributed by atoms with Crippen molar-refractivity contribution >= 4 is 17.6 Å². The van der Waals surface area contributed by atoms with E-state index in [0.717, 1.165) is 18.4 Å². The molecular weight excluding hydrogens is 238 g/mol. The summed E-state index contributed by atoms with van der Waals surface area (Å²) in [6.07, 6.45) is 2.62. The average molecular weight is 256 g/mol. The molecule has 1 atom stereocenters. The van der Waals surface area contributed by atoms with Crippen LogP contribution in [-0.2, 0) is 16.1 Å². The molecule has 1 unspecified atom stereocenters. The van der Waals surface area contributed by atoms with Gasteiger partial charge in [0.05, 0.1) is 0 Å². The molecule has 0 saturated heterocycles. The van der Waals surface area contributed by atoms with Crippen LogP contribution in [-0.4, -0.2) is 12.0 Å². The monoisotopic (exact) mass is 255 g/mol. The molecule has 0 aliphatic heterocycles. The van der Waals surface area contributed by atoms with Crippen molar-refractivity contribution in [1.29, 1.82) is 0 Å². The highest BCUT2D eigenvalue weighted by Crippen LogP contribution is 2.16. The first kappa shape index (κ1) is 14.0. The van der Waals surface area contributed by atoms with Gasteiger partial charge in [-0.15, -0.1) is 0 Å². The number of carbonyl (C=O) groups excluding carboxylic acids is 1. The lowest BCUT2D eigenvalue weighted by molar-refractivity contribution is -0.146. The molecule has 0 aromatic heterocycles. The number of carbonyl (C=O) groups is 1. The average Bonchev–Trinajstić information content (AvgIpc) is 2.34. The Bertz CT molecular complexity index is 368. The summed E-state index contributed by atoms with van der Waals surface area (Å²) in [6.45, 7) is 2.24. The number of nitrogens with two attached hydrogens (primary N) is 1. The Labute approximate surface area is 107 Å². The van der Waals surface area contributed by atoms with Crippen LogP contribution in [0, 0.1) is 0 Å². The van der Waals surface area contributed by atoms with Crippen LogP contribution in [0.2, 0.25) is 5.02 Å². The molecule has 94 valence electrons. The summed E-state index contributed by atoms with van der Waals surface area (Å²) in [5.74, 6) is -0.363. The molecule has 1 aromatic rings. The van der Waals surface area contributed by atoms with Crippen LogP contribution < -0.4 is 5.73 Å². The summed E-state index contributed by atoms with van der Waals surface area (Å²) in [5.41, 5.74) is 6.49. The van der Waals surface area contributed by atoms with E-state index in [9.17, 15) is 4.79 Å². The van der Waals surface area contributed by atoms with Gasteiger partial charge < -0.3 is 10.5 Å². The minimum atomic E-state index is -0.530. The normalized spacial score (nSPS) is 12.2. The van der Waals surface area contributed by atoms with E-state index >= 15 is 0 Å². The van der Waals surface area contributed by atoms with Gasteiger partial charge in [0.15, 0.2) is 0 Å². The first-order chi connectivity index (χ1) is 8.15. The highest BCUT2D eigenvalue weighted by molar-refractivity contribution is 6.31. The van der Waals surface area contributed by atoms with Crippen molar-refractivity contribution in [3.63, 3.8) is 0 Å². The lowest BCUT2D eigenvalue weighted by atomic mass is 10.1. The van der Waals surface area contributed by atoms with Gasteiger partial charge in [0.25, 0.3) is 0 Å². The van der Waals surface area contributed by atoms with Crippen LogP contribution in [0.5, 0.6) is 0 Å². The number of rotatable bonds is 6. The lowest BCUT2D eigenvalue weighted by Crippen LogP contribution is -2.32. The number of benzene rings is 1. The van der Waals surface area contributed by atoms with Crippen LogP contribution in [0.1, 0.15) is 31.7 Å². The molecule has 0 bridgehead atoms. The van der Waals surface area contributed by atoms with Gasteiger partial charge in [0.1, 0.15) is 12.6 Å². The van der Waals surface area contributed by atoms with Crippen molar-refractivity contribution in [2.24, 2.45) is 5.73 Å². The maximum Gasteiger partial charge on any atom is 0.323 e. The maximum absolute atomic E-state index is 11.5. The second-order valence-electron chi connectivity index (χ2n) is 3.95. The minimum absolute atomic E-state index is 0.179. The van der Waals surface area contributed by atoms with E-state index in [1.165, 1.54) is 0 Å². The molecule has 3 nitrogen and oxygen atoms in total. The van der Waals surface area contributed by atoms with E-state index < -0.39 is 6.04 Å². The SMILES string of the molecule is CCCCC(N)C(=O)OCc1ccccc1Cl. The van der Waals surface area contributed by atoms with E-state index in [0.29, 0.717) is 11.4 Å². The van der Waals surface area contributed by atoms with Crippen molar-refractivity contribution in [3.8, 4) is 0 Å². The Morgan fingerprint density at radius 2 is 2.18 bits per heavy atom. The summed E-state index contributed by atoms with van der Waals surface area (Å²) >= 11 is 5.95. The number of ether oxygens (including phenoxy) is 1. The summed E-state index contributed by atoms with van der Waals surface area (Å²) in [6, 6.07) is 6.75. The Hall–Kier alpha value is -1.06. The van der Waals surface area contributed by atoms with Crippen molar-refractivity contribution in [1.82, 2.24) is 0 Å². The molecule has 1 aromatic carbocycles. The summed E-state index contributed by atoms with van der Waals surface area (Å²) in [5, 5.41) is 0.599. The predicted molar refractivity (Wildman–Crippen MR) is 68.7 cm³/mol. The van der Waals surface area contributed by atoms with Crippen molar-refractivity contribution in [3.05, 3.63) is 34.9 Å². The topological polar surface area (TPSA) is 52.3 Å². The Balaban J connectivity index is 2.40. The predicted octanol–water partition coefficient (Wildman–Crippen LogP) is 2.90. The standard InChI is InChI=1S/C13H18ClNO2/c1-2-3-8-12(15)13(16)17-9-10-6-4-5-7-11(10)14/h4-7,12H,2-3,8-9,15H2,1H3. The van der Waals surface area contributed by atoms with Crippen LogP contribution >= 0.6 is 11.6 Å². The third-order valence-electron chi connectivity index (χ3n) is 2.50. The molecule has 0 radical (unpaired) electrons. The molecule has 0 aliphatic rings. The highest BCUT2D eigenvalue weighted by Gasteiger charge is 2.14. The quantitative estimate of drug-likeness (QED) is 0.796. The molecule has 0 heterocycles. The third kappa shape index (κ3) is 4.75. The molecule has 1 rings (SSSR count). The van der Waals surface area contributed by atoms with Gasteiger partial charge in [-0.25, -0.2) is 0 Å². The first-order valence-electron chi connectivity index (χ1n) is 5.80. The molecule has 0 fully saturated rings. The van der Waals surface area contributed by atoms with Crippen molar-refractivity contribution in [2.75, 3.05) is 0 Å². The number of hydrogen-bond donors (Lipinski definition) is 1. The smallest absolute Gasteiger partial charge is 0.323 e. The lowest BCUT2D eigenvalue weighted by Gasteiger charge is -2.11. The van der Waals surface area contributed by atoms with Crippen molar-refractivity contribution < 1.29 is 9.53 Å². The molecular formula is C13H18ClNO2. The zero-order valence-corrected chi connectivity index (χ0v) is 10.7. The fourth-order valence-corrected chi connectivity index (χ4v) is 1.60. The molecule has 0 spiro atoms.